The Morgan fingerprint density at radius 3 is 2.77 bits per heavy atom. The molecule has 118 valence electrons. The number of carbonyl (C=O) groups is 2. The van der Waals surface area contributed by atoms with E-state index in [1.807, 2.05) is 6.92 Å². The third kappa shape index (κ3) is 3.12. The van der Waals surface area contributed by atoms with Crippen molar-refractivity contribution >= 4 is 29.1 Å². The van der Waals surface area contributed by atoms with Gasteiger partial charge in [-0.25, -0.2) is 0 Å². The molecule has 4 nitrogen and oxygen atoms in total. The molecule has 2 fully saturated rings. The summed E-state index contributed by atoms with van der Waals surface area (Å²) in [4.78, 5) is 24.2. The lowest BCUT2D eigenvalue weighted by atomic mass is 9.88. The molecular weight excluding hydrogens is 300 g/mol. The lowest BCUT2D eigenvalue weighted by molar-refractivity contribution is -0.128. The highest BCUT2D eigenvalue weighted by Gasteiger charge is 2.42. The maximum atomic E-state index is 12.2. The molecular formula is C17H21ClN2O2. The summed E-state index contributed by atoms with van der Waals surface area (Å²) in [6.45, 7) is 1.87. The molecule has 22 heavy (non-hydrogen) atoms. The molecule has 0 saturated heterocycles. The van der Waals surface area contributed by atoms with Gasteiger partial charge in [-0.15, -0.1) is 0 Å². The van der Waals surface area contributed by atoms with E-state index < -0.39 is 0 Å². The first-order valence-corrected chi connectivity index (χ1v) is 8.25. The fraction of sp³-hybridized carbons (Fsp3) is 0.529. The number of carbonyl (C=O) groups excluding carboxylic acids is 2. The van der Waals surface area contributed by atoms with Crippen LogP contribution in [-0.2, 0) is 9.59 Å². The zero-order valence-corrected chi connectivity index (χ0v) is 13.5. The fourth-order valence-electron chi connectivity index (χ4n) is 3.80. The Balaban J connectivity index is 1.50. The molecule has 3 rings (SSSR count). The highest BCUT2D eigenvalue weighted by atomic mass is 35.5. The van der Waals surface area contributed by atoms with Gasteiger partial charge in [0.1, 0.15) is 0 Å². The molecule has 0 aromatic heterocycles. The molecule has 2 aliphatic carbocycles. The Morgan fingerprint density at radius 1 is 1.27 bits per heavy atom. The van der Waals surface area contributed by atoms with Crippen LogP contribution in [0, 0.1) is 24.7 Å². The number of hydrogen-bond donors (Lipinski definition) is 2. The molecule has 0 unspecified atom stereocenters. The van der Waals surface area contributed by atoms with Crippen LogP contribution in [0.5, 0.6) is 0 Å². The van der Waals surface area contributed by atoms with Gasteiger partial charge in [-0.05, 0) is 55.7 Å². The van der Waals surface area contributed by atoms with Crippen molar-refractivity contribution in [1.82, 2.24) is 5.32 Å². The maximum absolute atomic E-state index is 12.2. The monoisotopic (exact) mass is 320 g/mol. The van der Waals surface area contributed by atoms with E-state index in [-0.39, 0.29) is 24.3 Å². The Hall–Kier alpha value is -1.55. The summed E-state index contributed by atoms with van der Waals surface area (Å²) < 4.78 is 0. The van der Waals surface area contributed by atoms with Gasteiger partial charge >= 0.3 is 0 Å². The van der Waals surface area contributed by atoms with Gasteiger partial charge in [0.05, 0.1) is 6.54 Å². The summed E-state index contributed by atoms with van der Waals surface area (Å²) in [5.74, 6) is 1.18. The van der Waals surface area contributed by atoms with Crippen LogP contribution in [0.15, 0.2) is 18.2 Å². The van der Waals surface area contributed by atoms with Crippen LogP contribution in [0.25, 0.3) is 0 Å². The summed E-state index contributed by atoms with van der Waals surface area (Å²) in [5, 5.41) is 6.19. The van der Waals surface area contributed by atoms with E-state index in [0.29, 0.717) is 16.6 Å². The zero-order valence-electron chi connectivity index (χ0n) is 12.7. The van der Waals surface area contributed by atoms with Crippen LogP contribution in [0.1, 0.15) is 31.2 Å². The zero-order chi connectivity index (χ0) is 15.7. The van der Waals surface area contributed by atoms with Gasteiger partial charge in [-0.2, -0.15) is 0 Å². The third-order valence-electron chi connectivity index (χ3n) is 5.04. The van der Waals surface area contributed by atoms with E-state index in [9.17, 15) is 9.59 Å². The average molecular weight is 321 g/mol. The Morgan fingerprint density at radius 2 is 2.09 bits per heavy atom. The highest BCUT2D eigenvalue weighted by molar-refractivity contribution is 6.31. The van der Waals surface area contributed by atoms with E-state index in [4.69, 9.17) is 11.6 Å². The third-order valence-corrected chi connectivity index (χ3v) is 5.45. The van der Waals surface area contributed by atoms with E-state index in [0.717, 1.165) is 24.3 Å². The fourth-order valence-corrected chi connectivity index (χ4v) is 3.98. The van der Waals surface area contributed by atoms with Crippen LogP contribution in [0.3, 0.4) is 0 Å². The minimum absolute atomic E-state index is 0.0126. The minimum Gasteiger partial charge on any atom is -0.347 e. The molecule has 2 saturated carbocycles. The first kappa shape index (κ1) is 15.3. The smallest absolute Gasteiger partial charge is 0.243 e. The summed E-state index contributed by atoms with van der Waals surface area (Å²) in [7, 11) is 0. The molecule has 2 amide bonds. The summed E-state index contributed by atoms with van der Waals surface area (Å²) in [6, 6.07) is 5.37. The van der Waals surface area contributed by atoms with Gasteiger partial charge in [0.15, 0.2) is 0 Å². The van der Waals surface area contributed by atoms with Crippen molar-refractivity contribution < 1.29 is 9.59 Å². The van der Waals surface area contributed by atoms with Crippen molar-refractivity contribution in [2.45, 2.75) is 32.6 Å². The maximum Gasteiger partial charge on any atom is 0.243 e. The van der Waals surface area contributed by atoms with Crippen molar-refractivity contribution in [3.8, 4) is 0 Å². The number of nitrogens with one attached hydrogen (secondary N) is 2. The number of hydrogen-bond acceptors (Lipinski definition) is 2. The SMILES string of the molecule is Cc1c(Cl)cccc1NC(=O)CNC(=O)[C@H]1C[C@H]2CC[C@H]1C2. The Labute approximate surface area is 135 Å². The number of halogens is 1. The molecule has 1 aromatic carbocycles. The van der Waals surface area contributed by atoms with Crippen LogP contribution in [0.4, 0.5) is 5.69 Å². The molecule has 2 N–H and O–H groups in total. The van der Waals surface area contributed by atoms with Crippen molar-refractivity contribution in [3.05, 3.63) is 28.8 Å². The number of rotatable bonds is 4. The number of anilines is 1. The summed E-state index contributed by atoms with van der Waals surface area (Å²) >= 11 is 6.03. The van der Waals surface area contributed by atoms with Crippen molar-refractivity contribution in [3.63, 3.8) is 0 Å². The van der Waals surface area contributed by atoms with Crippen LogP contribution in [-0.4, -0.2) is 18.4 Å². The van der Waals surface area contributed by atoms with E-state index in [1.54, 1.807) is 18.2 Å². The van der Waals surface area contributed by atoms with Gasteiger partial charge in [0.2, 0.25) is 11.8 Å². The summed E-state index contributed by atoms with van der Waals surface area (Å²) in [5.41, 5.74) is 1.52. The Kier molecular flexibility index (Phi) is 4.39. The standard InChI is InChI=1S/C17H21ClN2O2/c1-10-14(18)3-2-4-15(10)20-16(21)9-19-17(22)13-8-11-5-6-12(13)7-11/h2-4,11-13H,5-9H2,1H3,(H,19,22)(H,20,21)/t11-,12-,13-/m0/s1. The molecule has 2 bridgehead atoms. The first-order chi connectivity index (χ1) is 10.5. The quantitative estimate of drug-likeness (QED) is 0.895. The predicted octanol–water partition coefficient (Wildman–Crippen LogP) is 3.14. The number of fused-ring (bicyclic) bond motifs is 2. The van der Waals surface area contributed by atoms with Gasteiger partial charge in [0.25, 0.3) is 0 Å². The lowest BCUT2D eigenvalue weighted by Gasteiger charge is -2.20. The van der Waals surface area contributed by atoms with Crippen LogP contribution in [0.2, 0.25) is 5.02 Å². The van der Waals surface area contributed by atoms with Gasteiger partial charge in [0, 0.05) is 16.6 Å². The molecule has 1 aromatic rings. The second-order valence-corrected chi connectivity index (χ2v) is 6.87. The van der Waals surface area contributed by atoms with E-state index in [2.05, 4.69) is 10.6 Å². The molecule has 5 heteroatoms. The van der Waals surface area contributed by atoms with Crippen LogP contribution < -0.4 is 10.6 Å². The van der Waals surface area contributed by atoms with Crippen molar-refractivity contribution in [2.24, 2.45) is 17.8 Å². The predicted molar refractivity (Wildman–Crippen MR) is 86.8 cm³/mol. The second kappa shape index (κ2) is 6.29. The average Bonchev–Trinajstić information content (AvgIpc) is 3.12. The summed E-state index contributed by atoms with van der Waals surface area (Å²) in [6.07, 6.45) is 4.61. The molecule has 0 heterocycles. The molecule has 0 spiro atoms. The first-order valence-electron chi connectivity index (χ1n) is 7.87. The van der Waals surface area contributed by atoms with Gasteiger partial charge < -0.3 is 10.6 Å². The van der Waals surface area contributed by atoms with Crippen molar-refractivity contribution in [1.29, 1.82) is 0 Å². The van der Waals surface area contributed by atoms with Gasteiger partial charge in [-0.3, -0.25) is 9.59 Å². The molecule has 0 aliphatic heterocycles. The molecule has 2 aliphatic rings. The highest BCUT2D eigenvalue weighted by Crippen LogP contribution is 2.48. The largest absolute Gasteiger partial charge is 0.347 e. The van der Waals surface area contributed by atoms with Crippen molar-refractivity contribution in [2.75, 3.05) is 11.9 Å². The topological polar surface area (TPSA) is 58.2 Å². The second-order valence-electron chi connectivity index (χ2n) is 6.46. The number of amides is 2. The number of benzene rings is 1. The Bertz CT molecular complexity index is 602. The lowest BCUT2D eigenvalue weighted by Crippen LogP contribution is -2.38. The normalized spacial score (nSPS) is 26.0. The van der Waals surface area contributed by atoms with Gasteiger partial charge in [-0.1, -0.05) is 24.1 Å². The van der Waals surface area contributed by atoms with E-state index >= 15 is 0 Å². The van der Waals surface area contributed by atoms with E-state index in [1.165, 1.54) is 12.8 Å². The molecule has 3 atom stereocenters. The molecule has 0 radical (unpaired) electrons. The van der Waals surface area contributed by atoms with Crippen LogP contribution >= 0.6 is 11.6 Å². The minimum atomic E-state index is -0.220.